The Kier molecular flexibility index (Phi) is 19.2. The van der Waals surface area contributed by atoms with E-state index in [-0.39, 0.29) is 0 Å². The van der Waals surface area contributed by atoms with Crippen molar-refractivity contribution in [2.24, 2.45) is 0 Å². The van der Waals surface area contributed by atoms with E-state index in [0.717, 1.165) is 0 Å². The molecule has 1 aromatic heterocycles. The van der Waals surface area contributed by atoms with Crippen LogP contribution < -0.4 is 3.71 Å². The van der Waals surface area contributed by atoms with E-state index >= 15 is 0 Å². The van der Waals surface area contributed by atoms with Gasteiger partial charge < -0.3 is 0 Å². The zero-order chi connectivity index (χ0) is 22.5. The SMILES string of the molecule is CCCCCCC[CH2][Sn]([CH2]CCCCCCC)([CH2]CCCCCCC)[c]1ccccn1. The van der Waals surface area contributed by atoms with Crippen LogP contribution >= 0.6 is 0 Å². The van der Waals surface area contributed by atoms with Crippen LogP contribution in [0.1, 0.15) is 136 Å². The first kappa shape index (κ1) is 29.0. The standard InChI is InChI=1S/3C8H17.C5H4N.Sn/c3*1-3-5-7-8-6-4-2;1-2-4-6-5-3-1;/h3*1,3-8H2,2H3;1-4H;. The molecule has 1 nitrogen and oxygen atoms in total. The molecule has 0 N–H and O–H groups in total. The number of hydrogen-bond acceptors (Lipinski definition) is 1. The molecular formula is C29H55NSn. The Morgan fingerprint density at radius 3 is 1.26 bits per heavy atom. The zero-order valence-electron chi connectivity index (χ0n) is 21.6. The molecule has 0 saturated carbocycles. The second kappa shape index (κ2) is 20.5. The number of pyridine rings is 1. The Morgan fingerprint density at radius 2 is 0.903 bits per heavy atom. The molecular weight excluding hydrogens is 481 g/mol. The fraction of sp³-hybridized carbons (Fsp3) is 0.828. The Hall–Kier alpha value is -0.0513. The van der Waals surface area contributed by atoms with E-state index in [1.165, 1.54) is 116 Å². The predicted octanol–water partition coefficient (Wildman–Crippen LogP) is 9.82. The van der Waals surface area contributed by atoms with E-state index in [2.05, 4.69) is 45.2 Å². The normalized spacial score (nSPS) is 11.8. The van der Waals surface area contributed by atoms with Gasteiger partial charge in [-0.1, -0.05) is 0 Å². The van der Waals surface area contributed by atoms with Gasteiger partial charge in [-0.15, -0.1) is 0 Å². The quantitative estimate of drug-likeness (QED) is 0.106. The summed E-state index contributed by atoms with van der Waals surface area (Å²) in [6.45, 7) is 6.97. The average molecular weight is 536 g/mol. The van der Waals surface area contributed by atoms with Crippen molar-refractivity contribution in [1.82, 2.24) is 4.98 Å². The van der Waals surface area contributed by atoms with Crippen LogP contribution in [0.3, 0.4) is 0 Å². The number of rotatable bonds is 22. The molecule has 0 bridgehead atoms. The van der Waals surface area contributed by atoms with Crippen LogP contribution in [-0.2, 0) is 0 Å². The summed E-state index contributed by atoms with van der Waals surface area (Å²) in [5.74, 6) is 0. The van der Waals surface area contributed by atoms with Crippen LogP contribution in [0.15, 0.2) is 24.4 Å². The molecule has 0 aliphatic rings. The van der Waals surface area contributed by atoms with Gasteiger partial charge in [0.1, 0.15) is 0 Å². The van der Waals surface area contributed by atoms with Crippen molar-refractivity contribution in [1.29, 1.82) is 0 Å². The topological polar surface area (TPSA) is 12.9 Å². The Morgan fingerprint density at radius 1 is 0.516 bits per heavy atom. The summed E-state index contributed by atoms with van der Waals surface area (Å²) in [5, 5.41) is 0. The van der Waals surface area contributed by atoms with Gasteiger partial charge in [0, 0.05) is 0 Å². The molecule has 0 aromatic carbocycles. The minimum absolute atomic E-state index is 1.35. The van der Waals surface area contributed by atoms with E-state index < -0.39 is 18.4 Å². The van der Waals surface area contributed by atoms with Crippen LogP contribution in [0.5, 0.6) is 0 Å². The van der Waals surface area contributed by atoms with Gasteiger partial charge in [0.25, 0.3) is 0 Å². The molecule has 0 atom stereocenters. The summed E-state index contributed by atoms with van der Waals surface area (Å²) in [7, 11) is 0. The summed E-state index contributed by atoms with van der Waals surface area (Å²) >= 11 is -2.41. The molecule has 0 unspecified atom stereocenters. The van der Waals surface area contributed by atoms with Crippen LogP contribution in [0, 0.1) is 0 Å². The first-order valence-electron chi connectivity index (χ1n) is 14.2. The number of hydrogen-bond donors (Lipinski definition) is 0. The first-order chi connectivity index (χ1) is 15.3. The Bertz CT molecular complexity index is 446. The van der Waals surface area contributed by atoms with Crippen LogP contribution in [0.4, 0.5) is 0 Å². The van der Waals surface area contributed by atoms with Gasteiger partial charge in [0.2, 0.25) is 0 Å². The fourth-order valence-corrected chi connectivity index (χ4v) is 19.7. The van der Waals surface area contributed by atoms with Crippen molar-refractivity contribution >= 4 is 22.1 Å². The van der Waals surface area contributed by atoms with E-state index in [9.17, 15) is 0 Å². The van der Waals surface area contributed by atoms with Crippen LogP contribution in [0.2, 0.25) is 13.3 Å². The van der Waals surface area contributed by atoms with Gasteiger partial charge in [-0.2, -0.15) is 0 Å². The molecule has 31 heavy (non-hydrogen) atoms. The molecule has 0 fully saturated rings. The molecule has 2 heteroatoms. The van der Waals surface area contributed by atoms with Gasteiger partial charge in [-0.05, 0) is 0 Å². The number of nitrogens with zero attached hydrogens (tertiary/aromatic N) is 1. The van der Waals surface area contributed by atoms with Gasteiger partial charge in [-0.3, -0.25) is 0 Å². The van der Waals surface area contributed by atoms with E-state index in [0.29, 0.717) is 0 Å². The maximum absolute atomic E-state index is 5.03. The average Bonchev–Trinajstić information content (AvgIpc) is 2.80. The molecule has 0 spiro atoms. The molecule has 0 aliphatic heterocycles. The second-order valence-corrected chi connectivity index (χ2v) is 23.1. The molecule has 1 rings (SSSR count). The molecule has 0 saturated heterocycles. The summed E-state index contributed by atoms with van der Waals surface area (Å²) < 4.78 is 6.28. The van der Waals surface area contributed by atoms with Gasteiger partial charge >= 0.3 is 201 Å². The van der Waals surface area contributed by atoms with Gasteiger partial charge in [0.15, 0.2) is 0 Å². The molecule has 0 aliphatic carbocycles. The van der Waals surface area contributed by atoms with Crippen LogP contribution in [0.25, 0.3) is 0 Å². The van der Waals surface area contributed by atoms with Crippen molar-refractivity contribution in [3.63, 3.8) is 0 Å². The second-order valence-electron chi connectivity index (χ2n) is 10.0. The fourth-order valence-electron chi connectivity index (χ4n) is 5.17. The van der Waals surface area contributed by atoms with E-state index in [4.69, 9.17) is 4.98 Å². The summed E-state index contributed by atoms with van der Waals surface area (Å²) in [5.41, 5.74) is 0. The number of aromatic nitrogens is 1. The molecule has 0 amide bonds. The van der Waals surface area contributed by atoms with E-state index in [1.54, 1.807) is 17.0 Å². The Labute approximate surface area is 200 Å². The minimum atomic E-state index is -2.41. The molecule has 180 valence electrons. The molecule has 0 radical (unpaired) electrons. The van der Waals surface area contributed by atoms with Crippen molar-refractivity contribution < 1.29 is 0 Å². The zero-order valence-corrected chi connectivity index (χ0v) is 24.5. The van der Waals surface area contributed by atoms with Crippen molar-refractivity contribution in [3.8, 4) is 0 Å². The first-order valence-corrected chi connectivity index (χ1v) is 21.7. The molecule has 1 aromatic rings. The third-order valence-electron chi connectivity index (χ3n) is 7.23. The third-order valence-corrected chi connectivity index (χ3v) is 22.4. The van der Waals surface area contributed by atoms with Crippen LogP contribution in [-0.4, -0.2) is 23.4 Å². The maximum atomic E-state index is 5.03. The Balaban J connectivity index is 2.71. The number of unbranched alkanes of at least 4 members (excludes halogenated alkanes) is 15. The van der Waals surface area contributed by atoms with Crippen molar-refractivity contribution in [3.05, 3.63) is 24.4 Å². The van der Waals surface area contributed by atoms with Gasteiger partial charge in [-0.25, -0.2) is 0 Å². The summed E-state index contributed by atoms with van der Waals surface area (Å²) in [6, 6.07) is 6.83. The van der Waals surface area contributed by atoms with E-state index in [1.807, 2.05) is 0 Å². The van der Waals surface area contributed by atoms with Crippen molar-refractivity contribution in [2.45, 2.75) is 150 Å². The monoisotopic (exact) mass is 537 g/mol. The predicted molar refractivity (Wildman–Crippen MR) is 144 cm³/mol. The third kappa shape index (κ3) is 14.0. The molecule has 1 heterocycles. The van der Waals surface area contributed by atoms with Crippen molar-refractivity contribution in [2.75, 3.05) is 0 Å². The van der Waals surface area contributed by atoms with Gasteiger partial charge in [0.05, 0.1) is 0 Å². The summed E-state index contributed by atoms with van der Waals surface area (Å²) in [4.78, 5) is 5.03. The summed E-state index contributed by atoms with van der Waals surface area (Å²) in [6.07, 6.45) is 27.9.